The molecule has 114 valence electrons. The van der Waals surface area contributed by atoms with Gasteiger partial charge in [0.2, 0.25) is 5.91 Å². The van der Waals surface area contributed by atoms with Crippen LogP contribution in [0.4, 0.5) is 4.39 Å². The zero-order valence-corrected chi connectivity index (χ0v) is 13.3. The van der Waals surface area contributed by atoms with E-state index in [0.29, 0.717) is 18.0 Å². The van der Waals surface area contributed by atoms with Crippen LogP contribution in [0.5, 0.6) is 0 Å². The third-order valence-electron chi connectivity index (χ3n) is 3.96. The van der Waals surface area contributed by atoms with Gasteiger partial charge in [0.25, 0.3) is 0 Å². The van der Waals surface area contributed by atoms with E-state index in [9.17, 15) is 14.3 Å². The molecule has 0 aliphatic heterocycles. The first-order valence-corrected chi connectivity index (χ1v) is 7.91. The van der Waals surface area contributed by atoms with Crippen LogP contribution < -0.4 is 5.32 Å². The molecule has 0 saturated heterocycles. The van der Waals surface area contributed by atoms with E-state index in [1.807, 2.05) is 0 Å². The highest BCUT2D eigenvalue weighted by Crippen LogP contribution is 2.30. The monoisotopic (exact) mass is 355 g/mol. The van der Waals surface area contributed by atoms with Crippen LogP contribution >= 0.6 is 15.9 Å². The summed E-state index contributed by atoms with van der Waals surface area (Å²) in [5, 5.41) is 12.1. The van der Waals surface area contributed by atoms with Crippen molar-refractivity contribution in [2.24, 2.45) is 11.8 Å². The number of hydrogen-bond acceptors (Lipinski definition) is 2. The maximum Gasteiger partial charge on any atom is 0.244 e. The third-order valence-corrected chi connectivity index (χ3v) is 4.46. The lowest BCUT2D eigenvalue weighted by atomic mass is 9.97. The van der Waals surface area contributed by atoms with Crippen molar-refractivity contribution in [1.82, 2.24) is 5.32 Å². The van der Waals surface area contributed by atoms with Gasteiger partial charge in [0, 0.05) is 29.3 Å². The van der Waals surface area contributed by atoms with E-state index in [1.165, 1.54) is 18.2 Å². The Balaban J connectivity index is 1.86. The average molecular weight is 356 g/mol. The molecule has 1 amide bonds. The molecule has 3 nitrogen and oxygen atoms in total. The first-order chi connectivity index (χ1) is 10.1. The highest BCUT2D eigenvalue weighted by molar-refractivity contribution is 9.10. The number of amides is 1. The summed E-state index contributed by atoms with van der Waals surface area (Å²) in [5.41, 5.74) is 0.369. The molecule has 21 heavy (non-hydrogen) atoms. The van der Waals surface area contributed by atoms with Crippen molar-refractivity contribution in [3.63, 3.8) is 0 Å². The summed E-state index contributed by atoms with van der Waals surface area (Å²) in [5.74, 6) is 0.0307. The fourth-order valence-electron chi connectivity index (χ4n) is 2.72. The first kappa shape index (κ1) is 16.2. The predicted octanol–water partition coefficient (Wildman–Crippen LogP) is 3.13. The average Bonchev–Trinajstić information content (AvgIpc) is 2.93. The van der Waals surface area contributed by atoms with Gasteiger partial charge in [0.1, 0.15) is 5.82 Å². The van der Waals surface area contributed by atoms with Gasteiger partial charge in [-0.3, -0.25) is 4.79 Å². The number of hydrogen-bond donors (Lipinski definition) is 2. The first-order valence-electron chi connectivity index (χ1n) is 7.12. The Morgan fingerprint density at radius 2 is 2.19 bits per heavy atom. The zero-order valence-electron chi connectivity index (χ0n) is 11.7. The summed E-state index contributed by atoms with van der Waals surface area (Å²) in [6.07, 6.45) is 5.97. The molecule has 0 radical (unpaired) electrons. The molecular weight excluding hydrogens is 337 g/mol. The van der Waals surface area contributed by atoms with Crippen molar-refractivity contribution in [3.8, 4) is 0 Å². The SMILES string of the molecule is O=C(C=Cc1cc(Br)ccc1F)NCC1CCCC1CO. The number of nitrogens with one attached hydrogen (secondary N) is 1. The number of carbonyl (C=O) groups excluding carboxylic acids is 1. The molecule has 1 fully saturated rings. The Morgan fingerprint density at radius 1 is 1.43 bits per heavy atom. The van der Waals surface area contributed by atoms with Gasteiger partial charge in [-0.05, 0) is 49.0 Å². The van der Waals surface area contributed by atoms with Gasteiger partial charge >= 0.3 is 0 Å². The van der Waals surface area contributed by atoms with Gasteiger partial charge in [-0.1, -0.05) is 22.4 Å². The lowest BCUT2D eigenvalue weighted by Gasteiger charge is -2.17. The number of rotatable bonds is 5. The predicted molar refractivity (Wildman–Crippen MR) is 84.1 cm³/mol. The van der Waals surface area contributed by atoms with Gasteiger partial charge in [-0.2, -0.15) is 0 Å². The second-order valence-electron chi connectivity index (χ2n) is 5.38. The van der Waals surface area contributed by atoms with Crippen LogP contribution in [0.15, 0.2) is 28.7 Å². The van der Waals surface area contributed by atoms with Gasteiger partial charge in [-0.15, -0.1) is 0 Å². The molecule has 1 saturated carbocycles. The topological polar surface area (TPSA) is 49.3 Å². The lowest BCUT2D eigenvalue weighted by molar-refractivity contribution is -0.116. The largest absolute Gasteiger partial charge is 0.396 e. The van der Waals surface area contributed by atoms with E-state index in [4.69, 9.17) is 0 Å². The van der Waals surface area contributed by atoms with E-state index in [1.54, 1.807) is 12.1 Å². The van der Waals surface area contributed by atoms with Gasteiger partial charge in [0.05, 0.1) is 0 Å². The van der Waals surface area contributed by atoms with Gasteiger partial charge < -0.3 is 10.4 Å². The third kappa shape index (κ3) is 4.64. The Kier molecular flexibility index (Phi) is 5.94. The van der Waals surface area contributed by atoms with E-state index in [-0.39, 0.29) is 24.2 Å². The molecule has 0 bridgehead atoms. The molecule has 2 unspecified atom stereocenters. The summed E-state index contributed by atoms with van der Waals surface area (Å²) < 4.78 is 14.3. The minimum atomic E-state index is -0.363. The second-order valence-corrected chi connectivity index (χ2v) is 6.29. The molecule has 0 heterocycles. The molecule has 2 rings (SSSR count). The van der Waals surface area contributed by atoms with Crippen molar-refractivity contribution in [2.45, 2.75) is 19.3 Å². The van der Waals surface area contributed by atoms with Crippen LogP contribution in [0.3, 0.4) is 0 Å². The summed E-state index contributed by atoms with van der Waals surface area (Å²) in [7, 11) is 0. The maximum atomic E-state index is 13.5. The van der Waals surface area contributed by atoms with Crippen molar-refractivity contribution < 1.29 is 14.3 Å². The molecular formula is C16H19BrFNO2. The molecule has 1 aliphatic rings. The second kappa shape index (κ2) is 7.71. The summed E-state index contributed by atoms with van der Waals surface area (Å²) in [6, 6.07) is 4.59. The van der Waals surface area contributed by atoms with Crippen LogP contribution in [0.1, 0.15) is 24.8 Å². The minimum absolute atomic E-state index is 0.180. The lowest BCUT2D eigenvalue weighted by Crippen LogP contribution is -2.30. The molecule has 5 heteroatoms. The minimum Gasteiger partial charge on any atom is -0.396 e. The smallest absolute Gasteiger partial charge is 0.244 e. The summed E-state index contributed by atoms with van der Waals surface area (Å²) in [4.78, 5) is 11.8. The van der Waals surface area contributed by atoms with Gasteiger partial charge in [-0.25, -0.2) is 4.39 Å². The highest BCUT2D eigenvalue weighted by atomic mass is 79.9. The van der Waals surface area contributed by atoms with Crippen molar-refractivity contribution in [3.05, 3.63) is 40.1 Å². The zero-order chi connectivity index (χ0) is 15.2. The van der Waals surface area contributed by atoms with Crippen LogP contribution in [-0.2, 0) is 4.79 Å². The van der Waals surface area contributed by atoms with Gasteiger partial charge in [0.15, 0.2) is 0 Å². The molecule has 0 aromatic heterocycles. The van der Waals surface area contributed by atoms with E-state index in [2.05, 4.69) is 21.2 Å². The van der Waals surface area contributed by atoms with Crippen LogP contribution in [0.2, 0.25) is 0 Å². The number of halogens is 2. The normalized spacial score (nSPS) is 21.9. The van der Waals surface area contributed by atoms with E-state index < -0.39 is 0 Å². The van der Waals surface area contributed by atoms with Crippen molar-refractivity contribution in [1.29, 1.82) is 0 Å². The fourth-order valence-corrected chi connectivity index (χ4v) is 3.10. The van der Waals surface area contributed by atoms with Crippen molar-refractivity contribution >= 4 is 27.9 Å². The van der Waals surface area contributed by atoms with Crippen LogP contribution in [0.25, 0.3) is 6.08 Å². The van der Waals surface area contributed by atoms with E-state index in [0.717, 1.165) is 23.7 Å². The number of benzene rings is 1. The number of aliphatic hydroxyl groups excluding tert-OH is 1. The molecule has 2 atom stereocenters. The Hall–Kier alpha value is -1.20. The van der Waals surface area contributed by atoms with E-state index >= 15 is 0 Å². The van der Waals surface area contributed by atoms with Crippen LogP contribution in [-0.4, -0.2) is 24.2 Å². The molecule has 2 N–H and O–H groups in total. The highest BCUT2D eigenvalue weighted by Gasteiger charge is 2.26. The Bertz CT molecular complexity index is 533. The van der Waals surface area contributed by atoms with Crippen molar-refractivity contribution in [2.75, 3.05) is 13.2 Å². The standard InChI is InChI=1S/C16H19BrFNO2/c17-14-5-6-15(18)11(8-14)4-7-16(21)19-9-12-2-1-3-13(12)10-20/h4-8,12-13,20H,1-3,9-10H2,(H,19,21). The maximum absolute atomic E-state index is 13.5. The number of carbonyl (C=O) groups is 1. The fraction of sp³-hybridized carbons (Fsp3) is 0.438. The summed E-state index contributed by atoms with van der Waals surface area (Å²) in [6.45, 7) is 0.745. The Labute approximate surface area is 132 Å². The number of aliphatic hydroxyl groups is 1. The molecule has 1 aliphatic carbocycles. The van der Waals surface area contributed by atoms with Crippen LogP contribution in [0, 0.1) is 17.7 Å². The molecule has 1 aromatic carbocycles. The Morgan fingerprint density at radius 3 is 2.95 bits per heavy atom. The molecule has 1 aromatic rings. The molecule has 0 spiro atoms. The summed E-state index contributed by atoms with van der Waals surface area (Å²) >= 11 is 3.27. The quantitative estimate of drug-likeness (QED) is 0.797.